The van der Waals surface area contributed by atoms with E-state index in [4.69, 9.17) is 0 Å². The number of hydrogen-bond acceptors (Lipinski definition) is 3. The van der Waals surface area contributed by atoms with E-state index >= 15 is 0 Å². The van der Waals surface area contributed by atoms with Gasteiger partial charge < -0.3 is 10.2 Å². The van der Waals surface area contributed by atoms with Crippen LogP contribution >= 0.6 is 0 Å². The van der Waals surface area contributed by atoms with Crippen molar-refractivity contribution in [3.8, 4) is 0 Å². The first-order valence-corrected chi connectivity index (χ1v) is 5.61. The number of hydrogen-bond donors (Lipinski definition) is 2. The lowest BCUT2D eigenvalue weighted by atomic mass is 9.92. The molecule has 1 heterocycles. The minimum Gasteiger partial charge on any atom is -0.396 e. The zero-order valence-electron chi connectivity index (χ0n) is 9.37. The molecule has 2 N–H and O–H groups in total. The van der Waals surface area contributed by atoms with E-state index in [9.17, 15) is 10.2 Å². The first-order valence-electron chi connectivity index (χ1n) is 5.61. The zero-order valence-corrected chi connectivity index (χ0v) is 9.37. The summed E-state index contributed by atoms with van der Waals surface area (Å²) in [7, 11) is 0. The van der Waals surface area contributed by atoms with Crippen LogP contribution in [0, 0.1) is 5.41 Å². The van der Waals surface area contributed by atoms with Crippen LogP contribution < -0.4 is 0 Å². The van der Waals surface area contributed by atoms with E-state index in [1.165, 1.54) is 19.3 Å². The third-order valence-electron chi connectivity index (χ3n) is 3.32. The Morgan fingerprint density at radius 2 is 2.00 bits per heavy atom. The highest BCUT2D eigenvalue weighted by Gasteiger charge is 2.31. The summed E-state index contributed by atoms with van der Waals surface area (Å²) < 4.78 is 0. The van der Waals surface area contributed by atoms with Gasteiger partial charge in [0.05, 0.1) is 13.2 Å². The fraction of sp³-hybridized carbons (Fsp3) is 1.00. The quantitative estimate of drug-likeness (QED) is 0.693. The third kappa shape index (κ3) is 2.69. The lowest BCUT2D eigenvalue weighted by molar-refractivity contribution is 0.0311. The van der Waals surface area contributed by atoms with E-state index in [0.29, 0.717) is 6.04 Å². The Labute approximate surface area is 86.7 Å². The van der Waals surface area contributed by atoms with Crippen LogP contribution in [0.5, 0.6) is 0 Å². The van der Waals surface area contributed by atoms with Crippen molar-refractivity contribution in [1.29, 1.82) is 0 Å². The second kappa shape index (κ2) is 5.10. The number of nitrogens with zero attached hydrogens (tertiary/aromatic N) is 1. The summed E-state index contributed by atoms with van der Waals surface area (Å²) in [6, 6.07) is 0.660. The van der Waals surface area contributed by atoms with Crippen molar-refractivity contribution < 1.29 is 10.2 Å². The van der Waals surface area contributed by atoms with Gasteiger partial charge >= 0.3 is 0 Å². The fourth-order valence-corrected chi connectivity index (χ4v) is 2.21. The van der Waals surface area contributed by atoms with Gasteiger partial charge in [-0.1, -0.05) is 13.8 Å². The van der Waals surface area contributed by atoms with Gasteiger partial charge in [0.1, 0.15) is 0 Å². The van der Waals surface area contributed by atoms with Crippen molar-refractivity contribution in [2.75, 3.05) is 26.3 Å². The van der Waals surface area contributed by atoms with Gasteiger partial charge in [-0.05, 0) is 25.8 Å². The number of aliphatic hydroxyl groups is 2. The molecule has 0 saturated carbocycles. The molecule has 0 aromatic rings. The monoisotopic (exact) mass is 201 g/mol. The minimum absolute atomic E-state index is 0.0659. The van der Waals surface area contributed by atoms with Crippen molar-refractivity contribution >= 4 is 0 Å². The largest absolute Gasteiger partial charge is 0.396 e. The smallest absolute Gasteiger partial charge is 0.0519 e. The average molecular weight is 201 g/mol. The van der Waals surface area contributed by atoms with Gasteiger partial charge in [-0.2, -0.15) is 0 Å². The van der Waals surface area contributed by atoms with Crippen molar-refractivity contribution in [3.05, 3.63) is 0 Å². The van der Waals surface area contributed by atoms with Gasteiger partial charge in [-0.15, -0.1) is 0 Å². The standard InChI is InChI=1S/C11H23NO2/c1-3-10-5-4-6-12(10)7-11(2,8-13)9-14/h10,13-14H,3-9H2,1-2H3. The number of aliphatic hydroxyl groups excluding tert-OH is 2. The van der Waals surface area contributed by atoms with Crippen LogP contribution in [-0.4, -0.2) is 47.5 Å². The second-order valence-electron chi connectivity index (χ2n) is 4.80. The first kappa shape index (κ1) is 12.0. The predicted octanol–water partition coefficient (Wildman–Crippen LogP) is 0.852. The molecule has 14 heavy (non-hydrogen) atoms. The zero-order chi connectivity index (χ0) is 10.6. The Morgan fingerprint density at radius 1 is 1.36 bits per heavy atom. The van der Waals surface area contributed by atoms with Crippen LogP contribution in [0.1, 0.15) is 33.1 Å². The SMILES string of the molecule is CCC1CCCN1CC(C)(CO)CO. The normalized spacial score (nSPS) is 24.4. The van der Waals surface area contributed by atoms with E-state index in [1.807, 2.05) is 6.92 Å². The maximum atomic E-state index is 9.22. The molecule has 84 valence electrons. The minimum atomic E-state index is -0.336. The summed E-state index contributed by atoms with van der Waals surface area (Å²) in [6.07, 6.45) is 3.70. The first-order chi connectivity index (χ1) is 6.65. The van der Waals surface area contributed by atoms with Gasteiger partial charge in [0.2, 0.25) is 0 Å². The van der Waals surface area contributed by atoms with E-state index in [0.717, 1.165) is 13.1 Å². The molecular weight excluding hydrogens is 178 g/mol. The van der Waals surface area contributed by atoms with E-state index < -0.39 is 0 Å². The van der Waals surface area contributed by atoms with Crippen molar-refractivity contribution in [2.24, 2.45) is 5.41 Å². The maximum absolute atomic E-state index is 9.22. The van der Waals surface area contributed by atoms with Crippen LogP contribution in [0.25, 0.3) is 0 Å². The van der Waals surface area contributed by atoms with E-state index in [-0.39, 0.29) is 18.6 Å². The molecule has 0 radical (unpaired) electrons. The van der Waals surface area contributed by atoms with Gasteiger partial charge in [-0.3, -0.25) is 4.90 Å². The fourth-order valence-electron chi connectivity index (χ4n) is 2.21. The molecule has 1 atom stereocenters. The van der Waals surface area contributed by atoms with Gasteiger partial charge in [-0.25, -0.2) is 0 Å². The summed E-state index contributed by atoms with van der Waals surface area (Å²) in [6.45, 7) is 6.22. The van der Waals surface area contributed by atoms with Crippen LogP contribution in [-0.2, 0) is 0 Å². The predicted molar refractivity (Wildman–Crippen MR) is 57.2 cm³/mol. The van der Waals surface area contributed by atoms with Crippen LogP contribution in [0.15, 0.2) is 0 Å². The van der Waals surface area contributed by atoms with Crippen molar-refractivity contribution in [1.82, 2.24) is 4.90 Å². The highest BCUT2D eigenvalue weighted by Crippen LogP contribution is 2.25. The van der Waals surface area contributed by atoms with Crippen molar-refractivity contribution in [3.63, 3.8) is 0 Å². The molecule has 0 aromatic heterocycles. The molecule has 3 heteroatoms. The Morgan fingerprint density at radius 3 is 2.50 bits per heavy atom. The number of rotatable bonds is 5. The van der Waals surface area contributed by atoms with Crippen LogP contribution in [0.3, 0.4) is 0 Å². The van der Waals surface area contributed by atoms with Gasteiger partial charge in [0.15, 0.2) is 0 Å². The molecule has 1 aliphatic rings. The lowest BCUT2D eigenvalue weighted by Gasteiger charge is -2.33. The highest BCUT2D eigenvalue weighted by atomic mass is 16.3. The maximum Gasteiger partial charge on any atom is 0.0519 e. The van der Waals surface area contributed by atoms with Crippen LogP contribution in [0.2, 0.25) is 0 Å². The molecule has 1 unspecified atom stereocenters. The molecule has 1 aliphatic heterocycles. The molecule has 0 aliphatic carbocycles. The Hall–Kier alpha value is -0.120. The highest BCUT2D eigenvalue weighted by molar-refractivity contribution is 4.84. The summed E-state index contributed by atoms with van der Waals surface area (Å²) >= 11 is 0. The topological polar surface area (TPSA) is 43.7 Å². The molecule has 0 amide bonds. The molecule has 1 saturated heterocycles. The second-order valence-corrected chi connectivity index (χ2v) is 4.80. The molecular formula is C11H23NO2. The average Bonchev–Trinajstić information content (AvgIpc) is 2.65. The summed E-state index contributed by atoms with van der Waals surface area (Å²) in [5.74, 6) is 0. The molecule has 1 fully saturated rings. The lowest BCUT2D eigenvalue weighted by Crippen LogP contribution is -2.42. The Balaban J connectivity index is 2.49. The summed E-state index contributed by atoms with van der Waals surface area (Å²) in [5, 5.41) is 18.4. The molecule has 0 aromatic carbocycles. The van der Waals surface area contributed by atoms with Gasteiger partial charge in [0.25, 0.3) is 0 Å². The van der Waals surface area contributed by atoms with Crippen LogP contribution in [0.4, 0.5) is 0 Å². The summed E-state index contributed by atoms with van der Waals surface area (Å²) in [4.78, 5) is 2.41. The molecule has 0 bridgehead atoms. The van der Waals surface area contributed by atoms with Crippen molar-refractivity contribution in [2.45, 2.75) is 39.2 Å². The Bertz CT molecular complexity index is 169. The van der Waals surface area contributed by atoms with E-state index in [1.54, 1.807) is 0 Å². The molecule has 3 nitrogen and oxygen atoms in total. The molecule has 1 rings (SSSR count). The molecule has 0 spiro atoms. The number of likely N-dealkylation sites (tertiary alicyclic amines) is 1. The third-order valence-corrected chi connectivity index (χ3v) is 3.32. The van der Waals surface area contributed by atoms with Gasteiger partial charge in [0, 0.05) is 18.0 Å². The van der Waals surface area contributed by atoms with E-state index in [2.05, 4.69) is 11.8 Å². The summed E-state index contributed by atoms with van der Waals surface area (Å²) in [5.41, 5.74) is -0.336. The Kier molecular flexibility index (Phi) is 4.35.